The van der Waals surface area contributed by atoms with Crippen molar-refractivity contribution in [3.05, 3.63) is 70.0 Å². The minimum Gasteiger partial charge on any atom is -0.296 e. The lowest BCUT2D eigenvalue weighted by Crippen LogP contribution is -2.36. The van der Waals surface area contributed by atoms with Crippen molar-refractivity contribution in [2.75, 3.05) is 0 Å². The summed E-state index contributed by atoms with van der Waals surface area (Å²) in [5.74, 6) is 0.853. The molecule has 26 heavy (non-hydrogen) atoms. The zero-order valence-electron chi connectivity index (χ0n) is 15.0. The van der Waals surface area contributed by atoms with Crippen LogP contribution < -0.4 is 5.56 Å². The highest BCUT2D eigenvalue weighted by Crippen LogP contribution is 2.29. The van der Waals surface area contributed by atoms with Crippen LogP contribution in [0.15, 0.2) is 47.5 Å². The molecule has 0 spiro atoms. The molecular formula is C21H21N3O2. The zero-order valence-corrected chi connectivity index (χ0v) is 15.0. The summed E-state index contributed by atoms with van der Waals surface area (Å²) in [4.78, 5) is 34.0. The average Bonchev–Trinajstić information content (AvgIpc) is 2.63. The van der Waals surface area contributed by atoms with E-state index in [1.807, 2.05) is 16.7 Å². The second-order valence-corrected chi connectivity index (χ2v) is 7.78. The van der Waals surface area contributed by atoms with Gasteiger partial charge in [0.15, 0.2) is 5.78 Å². The molecular weight excluding hydrogens is 326 g/mol. The van der Waals surface area contributed by atoms with Crippen molar-refractivity contribution in [3.63, 3.8) is 0 Å². The number of benzene rings is 1. The van der Waals surface area contributed by atoms with Gasteiger partial charge in [-0.2, -0.15) is 0 Å². The maximum atomic E-state index is 12.9. The predicted octanol–water partition coefficient (Wildman–Crippen LogP) is 3.19. The fraction of sp³-hybridized carbons (Fsp3) is 0.333. The number of carbonyl (C=O) groups is 1. The molecule has 0 atom stereocenters. The van der Waals surface area contributed by atoms with Gasteiger partial charge in [0.05, 0.1) is 10.9 Å². The van der Waals surface area contributed by atoms with Gasteiger partial charge in [0.2, 0.25) is 0 Å². The first-order chi connectivity index (χ1) is 12.4. The van der Waals surface area contributed by atoms with Crippen molar-refractivity contribution in [1.29, 1.82) is 0 Å². The maximum Gasteiger partial charge on any atom is 0.261 e. The lowest BCUT2D eigenvalue weighted by Gasteiger charge is -2.31. The van der Waals surface area contributed by atoms with Gasteiger partial charge in [-0.3, -0.25) is 19.1 Å². The molecule has 0 saturated carbocycles. The van der Waals surface area contributed by atoms with Crippen molar-refractivity contribution < 1.29 is 4.79 Å². The summed E-state index contributed by atoms with van der Waals surface area (Å²) in [7, 11) is 0. The molecule has 5 heteroatoms. The second kappa shape index (κ2) is 6.16. The van der Waals surface area contributed by atoms with E-state index in [1.165, 1.54) is 0 Å². The van der Waals surface area contributed by atoms with E-state index in [-0.39, 0.29) is 23.2 Å². The van der Waals surface area contributed by atoms with Gasteiger partial charge in [0.25, 0.3) is 5.56 Å². The van der Waals surface area contributed by atoms with Crippen LogP contribution in [0, 0.1) is 5.41 Å². The lowest BCUT2D eigenvalue weighted by molar-refractivity contribution is 0.0992. The quantitative estimate of drug-likeness (QED) is 0.683. The number of hydrogen-bond acceptors (Lipinski definition) is 4. The molecule has 0 unspecified atom stereocenters. The van der Waals surface area contributed by atoms with E-state index in [1.54, 1.807) is 30.6 Å². The Labute approximate surface area is 151 Å². The third-order valence-electron chi connectivity index (χ3n) is 5.06. The van der Waals surface area contributed by atoms with Crippen LogP contribution >= 0.6 is 0 Å². The van der Waals surface area contributed by atoms with Crippen LogP contribution in [-0.4, -0.2) is 20.3 Å². The minimum absolute atomic E-state index is 0.00822. The minimum atomic E-state index is 0.00822. The number of ketones is 1. The van der Waals surface area contributed by atoms with E-state index < -0.39 is 0 Å². The summed E-state index contributed by atoms with van der Waals surface area (Å²) in [5.41, 5.74) is 2.26. The Morgan fingerprint density at radius 1 is 1.27 bits per heavy atom. The fourth-order valence-corrected chi connectivity index (χ4v) is 3.55. The largest absolute Gasteiger partial charge is 0.296 e. The molecule has 5 nitrogen and oxygen atoms in total. The van der Waals surface area contributed by atoms with Gasteiger partial charge in [0, 0.05) is 37.3 Å². The molecule has 0 bridgehead atoms. The van der Waals surface area contributed by atoms with Gasteiger partial charge in [-0.25, -0.2) is 4.98 Å². The van der Waals surface area contributed by atoms with Crippen molar-refractivity contribution in [3.8, 4) is 0 Å². The molecule has 0 aliphatic carbocycles. The Morgan fingerprint density at radius 2 is 2.12 bits per heavy atom. The Hall–Kier alpha value is -2.82. The summed E-state index contributed by atoms with van der Waals surface area (Å²) in [6.45, 7) is 5.06. The van der Waals surface area contributed by atoms with Crippen LogP contribution in [0.5, 0.6) is 0 Å². The Balaban J connectivity index is 1.70. The van der Waals surface area contributed by atoms with Crippen LogP contribution in [0.25, 0.3) is 10.9 Å². The molecule has 0 fully saturated rings. The number of Topliss-reactive ketones (excluding diaryl/α,β-unsaturated/α-hetero) is 1. The number of aryl methyl sites for hydroxylation is 1. The van der Waals surface area contributed by atoms with E-state index in [4.69, 9.17) is 4.98 Å². The monoisotopic (exact) mass is 347 g/mol. The highest BCUT2D eigenvalue weighted by Gasteiger charge is 2.27. The SMILES string of the molecule is CC1(C)CCc2nc3cc(CC(=O)c4cccnc4)ccc3c(=O)n2C1. The zero-order chi connectivity index (χ0) is 18.3. The van der Waals surface area contributed by atoms with Gasteiger partial charge >= 0.3 is 0 Å². The van der Waals surface area contributed by atoms with Crippen molar-refractivity contribution >= 4 is 16.7 Å². The predicted molar refractivity (Wildman–Crippen MR) is 100 cm³/mol. The van der Waals surface area contributed by atoms with Crippen molar-refractivity contribution in [2.45, 2.75) is 39.7 Å². The summed E-state index contributed by atoms with van der Waals surface area (Å²) < 4.78 is 1.81. The first-order valence-corrected chi connectivity index (χ1v) is 8.89. The molecule has 0 amide bonds. The Kier molecular flexibility index (Phi) is 3.94. The van der Waals surface area contributed by atoms with Crippen molar-refractivity contribution in [1.82, 2.24) is 14.5 Å². The molecule has 0 radical (unpaired) electrons. The van der Waals surface area contributed by atoms with Crippen LogP contribution in [-0.2, 0) is 19.4 Å². The summed E-state index contributed by atoms with van der Waals surface area (Å²) >= 11 is 0. The molecule has 3 heterocycles. The van der Waals surface area contributed by atoms with Crippen LogP contribution in [0.3, 0.4) is 0 Å². The Bertz CT molecular complexity index is 1050. The molecule has 1 aliphatic heterocycles. The number of hydrogen-bond donors (Lipinski definition) is 0. The average molecular weight is 347 g/mol. The van der Waals surface area contributed by atoms with E-state index in [0.29, 0.717) is 23.0 Å². The summed E-state index contributed by atoms with van der Waals surface area (Å²) in [6, 6.07) is 9.03. The molecule has 2 aromatic heterocycles. The third kappa shape index (κ3) is 3.05. The topological polar surface area (TPSA) is 64.8 Å². The van der Waals surface area contributed by atoms with E-state index in [0.717, 1.165) is 24.2 Å². The third-order valence-corrected chi connectivity index (χ3v) is 5.06. The van der Waals surface area contributed by atoms with Crippen LogP contribution in [0.4, 0.5) is 0 Å². The van der Waals surface area contributed by atoms with E-state index in [2.05, 4.69) is 18.8 Å². The summed E-state index contributed by atoms with van der Waals surface area (Å²) in [6.07, 6.45) is 5.32. The number of nitrogens with zero attached hydrogens (tertiary/aromatic N) is 3. The smallest absolute Gasteiger partial charge is 0.261 e. The van der Waals surface area contributed by atoms with Crippen LogP contribution in [0.1, 0.15) is 42.0 Å². The fourth-order valence-electron chi connectivity index (χ4n) is 3.55. The first-order valence-electron chi connectivity index (χ1n) is 8.89. The van der Waals surface area contributed by atoms with Crippen molar-refractivity contribution in [2.24, 2.45) is 5.41 Å². The van der Waals surface area contributed by atoms with Gasteiger partial charge in [0.1, 0.15) is 5.82 Å². The molecule has 0 N–H and O–H groups in total. The van der Waals surface area contributed by atoms with Gasteiger partial charge in [-0.15, -0.1) is 0 Å². The molecule has 132 valence electrons. The number of aromatic nitrogens is 3. The Morgan fingerprint density at radius 3 is 2.88 bits per heavy atom. The van der Waals surface area contributed by atoms with E-state index >= 15 is 0 Å². The van der Waals surface area contributed by atoms with Gasteiger partial charge in [-0.05, 0) is 41.7 Å². The second-order valence-electron chi connectivity index (χ2n) is 7.78. The number of fused-ring (bicyclic) bond motifs is 2. The molecule has 1 aromatic carbocycles. The van der Waals surface area contributed by atoms with Gasteiger partial charge < -0.3 is 0 Å². The number of carbonyl (C=O) groups excluding carboxylic acids is 1. The lowest BCUT2D eigenvalue weighted by atomic mass is 9.85. The van der Waals surface area contributed by atoms with E-state index in [9.17, 15) is 9.59 Å². The summed E-state index contributed by atoms with van der Waals surface area (Å²) in [5, 5.41) is 0.615. The highest BCUT2D eigenvalue weighted by molar-refractivity contribution is 5.97. The van der Waals surface area contributed by atoms with Gasteiger partial charge in [-0.1, -0.05) is 19.9 Å². The standard InChI is InChI=1S/C21H21N3O2/c1-21(2)8-7-19-23-17-10-14(5-6-16(17)20(26)24(19)13-21)11-18(25)15-4-3-9-22-12-15/h3-6,9-10,12H,7-8,11,13H2,1-2H3. The maximum absolute atomic E-state index is 12.9. The number of pyridine rings is 1. The molecule has 4 rings (SSSR count). The molecule has 0 saturated heterocycles. The first kappa shape index (κ1) is 16.6. The molecule has 3 aromatic rings. The molecule has 1 aliphatic rings. The normalized spacial score (nSPS) is 15.6. The number of rotatable bonds is 3. The van der Waals surface area contributed by atoms with Crippen LogP contribution in [0.2, 0.25) is 0 Å². The highest BCUT2D eigenvalue weighted by atomic mass is 16.1.